The van der Waals surface area contributed by atoms with E-state index in [9.17, 15) is 4.79 Å². The number of H-pyrrole nitrogens is 1. The Morgan fingerprint density at radius 1 is 1.32 bits per heavy atom. The summed E-state index contributed by atoms with van der Waals surface area (Å²) in [5.41, 5.74) is 0.815. The summed E-state index contributed by atoms with van der Waals surface area (Å²) < 4.78 is 1.87. The molecule has 0 unspecified atom stereocenters. The largest absolute Gasteiger partial charge is 0.340 e. The highest BCUT2D eigenvalue weighted by molar-refractivity contribution is 7.98. The number of fused-ring (bicyclic) bond motifs is 1. The molecule has 3 heterocycles. The van der Waals surface area contributed by atoms with Crippen LogP contribution in [0.2, 0.25) is 0 Å². The predicted octanol–water partition coefficient (Wildman–Crippen LogP) is 0.274. The van der Waals surface area contributed by atoms with Crippen LogP contribution in [0, 0.1) is 11.8 Å². The van der Waals surface area contributed by atoms with Crippen LogP contribution < -0.4 is 15.8 Å². The van der Waals surface area contributed by atoms with Gasteiger partial charge in [0.1, 0.15) is 0 Å². The SMILES string of the molecule is CC#CCn1c(N2CCNCC2)nc2nc(SC)[nH]c(=O)c21. The van der Waals surface area contributed by atoms with Gasteiger partial charge in [0.2, 0.25) is 5.95 Å². The van der Waals surface area contributed by atoms with Crippen LogP contribution in [-0.4, -0.2) is 52.0 Å². The number of aromatic amines is 1. The fourth-order valence-electron chi connectivity index (χ4n) is 2.52. The lowest BCUT2D eigenvalue weighted by molar-refractivity contribution is 0.573. The average molecular weight is 318 g/mol. The number of piperazine rings is 1. The van der Waals surface area contributed by atoms with Gasteiger partial charge in [0.15, 0.2) is 16.3 Å². The van der Waals surface area contributed by atoms with Gasteiger partial charge < -0.3 is 10.2 Å². The second-order valence-corrected chi connectivity index (χ2v) is 5.70. The van der Waals surface area contributed by atoms with Crippen LogP contribution in [0.15, 0.2) is 9.95 Å². The van der Waals surface area contributed by atoms with Crippen LogP contribution in [-0.2, 0) is 6.54 Å². The molecule has 2 aromatic rings. The first-order valence-electron chi connectivity index (χ1n) is 7.14. The van der Waals surface area contributed by atoms with Gasteiger partial charge in [-0.3, -0.25) is 14.3 Å². The number of hydrogen-bond acceptors (Lipinski definition) is 6. The molecule has 1 saturated heterocycles. The Bertz CT molecular complexity index is 793. The molecule has 0 aromatic carbocycles. The number of rotatable bonds is 3. The Kier molecular flexibility index (Phi) is 4.36. The maximum atomic E-state index is 12.4. The molecule has 116 valence electrons. The van der Waals surface area contributed by atoms with Crippen molar-refractivity contribution in [2.75, 3.05) is 37.3 Å². The van der Waals surface area contributed by atoms with Crippen molar-refractivity contribution in [1.82, 2.24) is 24.8 Å². The van der Waals surface area contributed by atoms with Crippen LogP contribution in [0.25, 0.3) is 11.2 Å². The molecule has 2 N–H and O–H groups in total. The summed E-state index contributed by atoms with van der Waals surface area (Å²) in [6.07, 6.45) is 1.88. The topological polar surface area (TPSA) is 78.8 Å². The molecule has 0 bridgehead atoms. The normalized spacial score (nSPS) is 14.9. The molecular formula is C14H18N6OS. The van der Waals surface area contributed by atoms with E-state index in [0.29, 0.717) is 22.9 Å². The number of nitrogens with zero attached hydrogens (tertiary/aromatic N) is 4. The molecule has 2 aromatic heterocycles. The molecule has 0 atom stereocenters. The molecule has 0 amide bonds. The second kappa shape index (κ2) is 6.42. The monoisotopic (exact) mass is 318 g/mol. The van der Waals surface area contributed by atoms with E-state index < -0.39 is 0 Å². The first-order valence-corrected chi connectivity index (χ1v) is 8.37. The molecule has 1 aliphatic rings. The zero-order valence-corrected chi connectivity index (χ0v) is 13.5. The minimum atomic E-state index is -0.166. The summed E-state index contributed by atoms with van der Waals surface area (Å²) in [4.78, 5) is 26.4. The third-order valence-corrected chi connectivity index (χ3v) is 4.16. The molecular weight excluding hydrogens is 300 g/mol. The third kappa shape index (κ3) is 2.69. The van der Waals surface area contributed by atoms with Crippen molar-refractivity contribution in [2.45, 2.75) is 18.6 Å². The number of aromatic nitrogens is 4. The first kappa shape index (κ1) is 14.9. The lowest BCUT2D eigenvalue weighted by atomic mass is 10.4. The number of hydrogen-bond donors (Lipinski definition) is 2. The lowest BCUT2D eigenvalue weighted by Crippen LogP contribution is -2.44. The zero-order valence-electron chi connectivity index (χ0n) is 12.6. The van der Waals surface area contributed by atoms with Crippen molar-refractivity contribution in [2.24, 2.45) is 0 Å². The molecule has 1 aliphatic heterocycles. The van der Waals surface area contributed by atoms with Crippen molar-refractivity contribution in [3.63, 3.8) is 0 Å². The Morgan fingerprint density at radius 2 is 2.09 bits per heavy atom. The highest BCUT2D eigenvalue weighted by Crippen LogP contribution is 2.20. The molecule has 22 heavy (non-hydrogen) atoms. The average Bonchev–Trinajstić information content (AvgIpc) is 2.92. The minimum Gasteiger partial charge on any atom is -0.340 e. The maximum absolute atomic E-state index is 12.4. The van der Waals surface area contributed by atoms with Gasteiger partial charge in [-0.25, -0.2) is 4.98 Å². The van der Waals surface area contributed by atoms with Crippen molar-refractivity contribution in [3.8, 4) is 11.8 Å². The number of thioether (sulfide) groups is 1. The van der Waals surface area contributed by atoms with Crippen LogP contribution in [0.1, 0.15) is 6.92 Å². The van der Waals surface area contributed by atoms with Crippen LogP contribution in [0.4, 0.5) is 5.95 Å². The zero-order chi connectivity index (χ0) is 15.5. The highest BCUT2D eigenvalue weighted by atomic mass is 32.2. The Hall–Kier alpha value is -1.98. The van der Waals surface area contributed by atoms with Gasteiger partial charge in [0.05, 0.1) is 6.54 Å². The molecule has 7 nitrogen and oxygen atoms in total. The lowest BCUT2D eigenvalue weighted by Gasteiger charge is -2.28. The van der Waals surface area contributed by atoms with Crippen LogP contribution in [0.5, 0.6) is 0 Å². The summed E-state index contributed by atoms with van der Waals surface area (Å²) in [5.74, 6) is 6.67. The van der Waals surface area contributed by atoms with E-state index >= 15 is 0 Å². The molecule has 0 spiro atoms. The molecule has 0 saturated carbocycles. The van der Waals surface area contributed by atoms with E-state index in [1.807, 2.05) is 10.8 Å². The van der Waals surface area contributed by atoms with Gasteiger partial charge in [-0.05, 0) is 13.2 Å². The number of nitrogens with one attached hydrogen (secondary N) is 2. The van der Waals surface area contributed by atoms with Gasteiger partial charge in [0, 0.05) is 26.2 Å². The number of anilines is 1. The maximum Gasteiger partial charge on any atom is 0.277 e. The number of imidazole rings is 1. The highest BCUT2D eigenvalue weighted by Gasteiger charge is 2.21. The van der Waals surface area contributed by atoms with E-state index in [0.717, 1.165) is 32.1 Å². The van der Waals surface area contributed by atoms with Gasteiger partial charge >= 0.3 is 0 Å². The quantitative estimate of drug-likeness (QED) is 0.481. The summed E-state index contributed by atoms with van der Waals surface area (Å²) in [7, 11) is 0. The second-order valence-electron chi connectivity index (χ2n) is 4.91. The molecule has 0 aliphatic carbocycles. The van der Waals surface area contributed by atoms with E-state index in [-0.39, 0.29) is 5.56 Å². The fraction of sp³-hybridized carbons (Fsp3) is 0.500. The van der Waals surface area contributed by atoms with Crippen molar-refractivity contribution < 1.29 is 0 Å². The van der Waals surface area contributed by atoms with E-state index in [1.54, 1.807) is 6.92 Å². The summed E-state index contributed by atoms with van der Waals surface area (Å²) in [6.45, 7) is 5.75. The molecule has 0 radical (unpaired) electrons. The first-order chi connectivity index (χ1) is 10.7. The predicted molar refractivity (Wildman–Crippen MR) is 88.5 cm³/mol. The molecule has 8 heteroatoms. The van der Waals surface area contributed by atoms with Gasteiger partial charge in [-0.15, -0.1) is 5.92 Å². The third-order valence-electron chi connectivity index (χ3n) is 3.58. The summed E-state index contributed by atoms with van der Waals surface area (Å²) in [6, 6.07) is 0. The minimum absolute atomic E-state index is 0.166. The van der Waals surface area contributed by atoms with Crippen molar-refractivity contribution in [1.29, 1.82) is 0 Å². The van der Waals surface area contributed by atoms with Gasteiger partial charge in [0.25, 0.3) is 5.56 Å². The van der Waals surface area contributed by atoms with Crippen molar-refractivity contribution in [3.05, 3.63) is 10.4 Å². The summed E-state index contributed by atoms with van der Waals surface area (Å²) in [5, 5.41) is 3.90. The van der Waals surface area contributed by atoms with Crippen LogP contribution >= 0.6 is 11.8 Å². The van der Waals surface area contributed by atoms with Crippen molar-refractivity contribution >= 4 is 28.9 Å². The van der Waals surface area contributed by atoms with E-state index in [2.05, 4.69) is 37.0 Å². The smallest absolute Gasteiger partial charge is 0.277 e. The van der Waals surface area contributed by atoms with Gasteiger partial charge in [-0.2, -0.15) is 4.98 Å². The summed E-state index contributed by atoms with van der Waals surface area (Å²) >= 11 is 1.40. The van der Waals surface area contributed by atoms with Gasteiger partial charge in [-0.1, -0.05) is 17.7 Å². The molecule has 3 rings (SSSR count). The Balaban J connectivity index is 2.18. The van der Waals surface area contributed by atoms with E-state index in [1.165, 1.54) is 11.8 Å². The fourth-order valence-corrected chi connectivity index (χ4v) is 2.89. The van der Waals surface area contributed by atoms with E-state index in [4.69, 9.17) is 0 Å². The Morgan fingerprint density at radius 3 is 2.77 bits per heavy atom. The Labute approximate surface area is 132 Å². The molecule has 1 fully saturated rings. The van der Waals surface area contributed by atoms with Crippen LogP contribution in [0.3, 0.4) is 0 Å². The standard InChI is InChI=1S/C14H18N6OS/c1-3-4-7-20-10-11(16-13(22-2)18-12(10)21)17-14(20)19-8-5-15-6-9-19/h15H,5-9H2,1-2H3,(H,16,18,21).